The molecule has 0 saturated carbocycles. The van der Waals surface area contributed by atoms with Crippen LogP contribution in [0.25, 0.3) is 0 Å². The van der Waals surface area contributed by atoms with Crippen molar-refractivity contribution in [2.75, 3.05) is 13.2 Å². The first-order chi connectivity index (χ1) is 15.2. The van der Waals surface area contributed by atoms with Crippen LogP contribution in [-0.2, 0) is 17.8 Å². The second kappa shape index (κ2) is 11.0. The van der Waals surface area contributed by atoms with Gasteiger partial charge in [0.1, 0.15) is 11.6 Å². The Bertz CT molecular complexity index is 862. The Hall–Kier alpha value is -2.40. The van der Waals surface area contributed by atoms with Crippen LogP contribution in [0.3, 0.4) is 0 Å². The molecule has 1 aliphatic rings. The second-order valence-corrected chi connectivity index (χ2v) is 10.1. The van der Waals surface area contributed by atoms with Crippen LogP contribution in [0.4, 0.5) is 4.39 Å². The van der Waals surface area contributed by atoms with Gasteiger partial charge in [-0.3, -0.25) is 4.79 Å². The largest absolute Gasteiger partial charge is 0.493 e. The Morgan fingerprint density at radius 1 is 1.12 bits per heavy atom. The van der Waals surface area contributed by atoms with E-state index in [1.807, 2.05) is 24.3 Å². The summed E-state index contributed by atoms with van der Waals surface area (Å²) in [6, 6.07) is 14.4. The average molecular weight is 441 g/mol. The molecule has 3 rings (SSSR count). The van der Waals surface area contributed by atoms with Crippen molar-refractivity contribution >= 4 is 5.91 Å². The lowest BCUT2D eigenvalue weighted by atomic mass is 9.74. The highest BCUT2D eigenvalue weighted by Crippen LogP contribution is 2.32. The lowest BCUT2D eigenvalue weighted by Gasteiger charge is -2.39. The van der Waals surface area contributed by atoms with Crippen LogP contribution in [0.15, 0.2) is 48.5 Å². The van der Waals surface area contributed by atoms with E-state index in [2.05, 4.69) is 38.3 Å². The molecule has 2 N–H and O–H groups in total. The summed E-state index contributed by atoms with van der Waals surface area (Å²) in [4.78, 5) is 13.3. The monoisotopic (exact) mass is 440 g/mol. The average Bonchev–Trinajstić information content (AvgIpc) is 2.75. The molecule has 1 amide bonds. The van der Waals surface area contributed by atoms with Gasteiger partial charge in [-0.25, -0.2) is 4.39 Å². The van der Waals surface area contributed by atoms with Gasteiger partial charge in [0, 0.05) is 18.0 Å². The third-order valence-electron chi connectivity index (χ3n) is 6.14. The Balaban J connectivity index is 1.65. The zero-order valence-corrected chi connectivity index (χ0v) is 19.8. The van der Waals surface area contributed by atoms with Crippen molar-refractivity contribution in [2.45, 2.75) is 59.0 Å². The summed E-state index contributed by atoms with van der Waals surface area (Å²) in [7, 11) is 0. The molecule has 0 radical (unpaired) electrons. The Labute approximate surface area is 191 Å². The molecule has 1 saturated heterocycles. The Morgan fingerprint density at radius 2 is 1.78 bits per heavy atom. The second-order valence-electron chi connectivity index (χ2n) is 10.1. The van der Waals surface area contributed by atoms with Crippen molar-refractivity contribution < 1.29 is 13.9 Å². The molecule has 0 aromatic heterocycles. The number of ether oxygens (including phenoxy) is 1. The molecule has 2 aromatic rings. The van der Waals surface area contributed by atoms with Crippen molar-refractivity contribution in [3.05, 3.63) is 65.5 Å². The zero-order chi connectivity index (χ0) is 23.1. The van der Waals surface area contributed by atoms with Gasteiger partial charge in [-0.15, -0.1) is 0 Å². The van der Waals surface area contributed by atoms with Crippen molar-refractivity contribution in [1.82, 2.24) is 10.6 Å². The van der Waals surface area contributed by atoms with E-state index >= 15 is 0 Å². The number of hydrogen-bond acceptors (Lipinski definition) is 3. The van der Waals surface area contributed by atoms with Crippen molar-refractivity contribution in [2.24, 2.45) is 17.8 Å². The van der Waals surface area contributed by atoms with E-state index in [4.69, 9.17) is 4.74 Å². The molecular weight excluding hydrogens is 403 g/mol. The highest BCUT2D eigenvalue weighted by molar-refractivity contribution is 5.79. The quantitative estimate of drug-likeness (QED) is 0.569. The number of amides is 1. The van der Waals surface area contributed by atoms with Gasteiger partial charge < -0.3 is 15.4 Å². The van der Waals surface area contributed by atoms with Crippen molar-refractivity contribution in [3.8, 4) is 5.75 Å². The molecule has 174 valence electrons. The lowest BCUT2D eigenvalue weighted by Crippen LogP contribution is -2.50. The molecule has 32 heavy (non-hydrogen) atoms. The summed E-state index contributed by atoms with van der Waals surface area (Å²) in [5.74, 6) is 1.28. The number of benzene rings is 2. The number of carbonyl (C=O) groups is 1. The number of halogens is 1. The van der Waals surface area contributed by atoms with Gasteiger partial charge in [0.15, 0.2) is 0 Å². The van der Waals surface area contributed by atoms with Crippen LogP contribution in [-0.4, -0.2) is 24.6 Å². The normalized spacial score (nSPS) is 18.9. The molecule has 0 spiro atoms. The van der Waals surface area contributed by atoms with Gasteiger partial charge in [0.2, 0.25) is 5.91 Å². The van der Waals surface area contributed by atoms with Crippen LogP contribution < -0.4 is 15.4 Å². The molecule has 5 heteroatoms. The van der Waals surface area contributed by atoms with Gasteiger partial charge in [-0.05, 0) is 86.9 Å². The van der Waals surface area contributed by atoms with Crippen LogP contribution in [0.2, 0.25) is 0 Å². The number of rotatable bonds is 9. The summed E-state index contributed by atoms with van der Waals surface area (Å²) >= 11 is 0. The third-order valence-corrected chi connectivity index (χ3v) is 6.14. The summed E-state index contributed by atoms with van der Waals surface area (Å²) in [6.45, 7) is 10.7. The molecule has 2 atom stereocenters. The topological polar surface area (TPSA) is 50.4 Å². The Morgan fingerprint density at radius 3 is 2.41 bits per heavy atom. The van der Waals surface area contributed by atoms with E-state index in [9.17, 15) is 9.18 Å². The Kier molecular flexibility index (Phi) is 8.30. The van der Waals surface area contributed by atoms with Crippen LogP contribution in [0.5, 0.6) is 5.75 Å². The van der Waals surface area contributed by atoms with Crippen LogP contribution in [0.1, 0.15) is 51.7 Å². The van der Waals surface area contributed by atoms with E-state index in [0.29, 0.717) is 25.5 Å². The SMILES string of the molecule is CC(C)COc1ccc(CNC(=O)C(Cc2ccc(F)cc2)C2CCNC(C)(C)C2)cc1. The summed E-state index contributed by atoms with van der Waals surface area (Å²) < 4.78 is 19.1. The minimum Gasteiger partial charge on any atom is -0.493 e. The molecule has 0 aliphatic carbocycles. The minimum absolute atomic E-state index is 0.00998. The first kappa shape index (κ1) is 24.2. The molecule has 4 nitrogen and oxygen atoms in total. The maximum Gasteiger partial charge on any atom is 0.223 e. The van der Waals surface area contributed by atoms with E-state index in [-0.39, 0.29) is 29.1 Å². The van der Waals surface area contributed by atoms with Crippen molar-refractivity contribution in [1.29, 1.82) is 0 Å². The smallest absolute Gasteiger partial charge is 0.223 e. The summed E-state index contributed by atoms with van der Waals surface area (Å²) in [5.41, 5.74) is 2.05. The predicted octanol–water partition coefficient (Wildman–Crippen LogP) is 5.11. The predicted molar refractivity (Wildman–Crippen MR) is 127 cm³/mol. The molecule has 1 heterocycles. The fourth-order valence-corrected chi connectivity index (χ4v) is 4.40. The van der Waals surface area contributed by atoms with Crippen LogP contribution in [0, 0.1) is 23.6 Å². The zero-order valence-electron chi connectivity index (χ0n) is 19.8. The molecular formula is C27H37FN2O2. The highest BCUT2D eigenvalue weighted by Gasteiger charge is 2.35. The van der Waals surface area contributed by atoms with E-state index in [0.717, 1.165) is 36.3 Å². The molecule has 1 fully saturated rings. The highest BCUT2D eigenvalue weighted by atomic mass is 19.1. The molecule has 2 aromatic carbocycles. The molecule has 0 bridgehead atoms. The van der Waals surface area contributed by atoms with E-state index in [1.54, 1.807) is 12.1 Å². The van der Waals surface area contributed by atoms with Gasteiger partial charge in [0.05, 0.1) is 6.61 Å². The number of carbonyl (C=O) groups excluding carboxylic acids is 1. The first-order valence-electron chi connectivity index (χ1n) is 11.7. The maximum atomic E-state index is 13.4. The minimum atomic E-state index is -0.251. The van der Waals surface area contributed by atoms with Gasteiger partial charge in [-0.2, -0.15) is 0 Å². The number of hydrogen-bond donors (Lipinski definition) is 2. The van der Waals surface area contributed by atoms with Crippen molar-refractivity contribution in [3.63, 3.8) is 0 Å². The third kappa shape index (κ3) is 7.33. The number of piperidine rings is 1. The maximum absolute atomic E-state index is 13.4. The first-order valence-corrected chi connectivity index (χ1v) is 11.7. The van der Waals surface area contributed by atoms with E-state index < -0.39 is 0 Å². The molecule has 2 unspecified atom stereocenters. The fraction of sp³-hybridized carbons (Fsp3) is 0.519. The lowest BCUT2D eigenvalue weighted by molar-refractivity contribution is -0.127. The van der Waals surface area contributed by atoms with Gasteiger partial charge >= 0.3 is 0 Å². The van der Waals surface area contributed by atoms with Crippen LogP contribution >= 0.6 is 0 Å². The van der Waals surface area contributed by atoms with Gasteiger partial charge in [-0.1, -0.05) is 38.1 Å². The summed E-state index contributed by atoms with van der Waals surface area (Å²) in [5, 5.41) is 6.69. The summed E-state index contributed by atoms with van der Waals surface area (Å²) in [6.07, 6.45) is 2.52. The standard InChI is InChI=1S/C27H37FN2O2/c1-19(2)18-32-24-11-7-21(8-12-24)17-29-26(31)25(15-20-5-9-23(28)10-6-20)22-13-14-30-27(3,4)16-22/h5-12,19,22,25,30H,13-18H2,1-4H3,(H,29,31). The van der Waals surface area contributed by atoms with Gasteiger partial charge in [0.25, 0.3) is 0 Å². The van der Waals surface area contributed by atoms with E-state index in [1.165, 1.54) is 12.1 Å². The fourth-order valence-electron chi connectivity index (χ4n) is 4.40. The molecule has 1 aliphatic heterocycles. The number of nitrogens with one attached hydrogen (secondary N) is 2.